The van der Waals surface area contributed by atoms with Crippen molar-refractivity contribution in [3.05, 3.63) is 40.6 Å². The van der Waals surface area contributed by atoms with E-state index in [0.29, 0.717) is 5.69 Å². The van der Waals surface area contributed by atoms with Crippen LogP contribution in [0.25, 0.3) is 0 Å². The van der Waals surface area contributed by atoms with E-state index in [1.807, 2.05) is 5.38 Å². The van der Waals surface area contributed by atoms with E-state index in [1.165, 1.54) is 6.07 Å². The number of benzene rings is 1. The van der Waals surface area contributed by atoms with Crippen LogP contribution in [0.3, 0.4) is 0 Å². The molecule has 0 aliphatic heterocycles. The molecule has 90 valence electrons. The highest BCUT2D eigenvalue weighted by molar-refractivity contribution is 7.09. The van der Waals surface area contributed by atoms with Crippen LogP contribution in [0.4, 0.5) is 15.8 Å². The maximum absolute atomic E-state index is 13.3. The smallest absolute Gasteiger partial charge is 0.148 e. The van der Waals surface area contributed by atoms with Crippen molar-refractivity contribution in [1.82, 2.24) is 4.98 Å². The standard InChI is InChI=1S/C12H14FN3S/c1-2-9(12-15-6-7-17-12)16-10-5-3-4-8(13)11(10)14/h3-7,9,16H,2,14H2,1H3. The van der Waals surface area contributed by atoms with Crippen LogP contribution in [0.15, 0.2) is 29.8 Å². The number of nitrogen functional groups attached to an aromatic ring is 1. The van der Waals surface area contributed by atoms with Crippen LogP contribution < -0.4 is 11.1 Å². The van der Waals surface area contributed by atoms with Crippen molar-refractivity contribution in [1.29, 1.82) is 0 Å². The predicted molar refractivity (Wildman–Crippen MR) is 69.6 cm³/mol. The van der Waals surface area contributed by atoms with Gasteiger partial charge in [0, 0.05) is 11.6 Å². The maximum Gasteiger partial charge on any atom is 0.148 e. The minimum absolute atomic E-state index is 0.0686. The molecule has 0 radical (unpaired) electrons. The van der Waals surface area contributed by atoms with Crippen LogP contribution in [-0.4, -0.2) is 4.98 Å². The molecule has 0 spiro atoms. The molecule has 1 unspecified atom stereocenters. The van der Waals surface area contributed by atoms with Crippen molar-refractivity contribution in [3.63, 3.8) is 0 Å². The number of nitrogens with one attached hydrogen (secondary N) is 1. The molecule has 1 aromatic carbocycles. The zero-order valence-corrected chi connectivity index (χ0v) is 10.3. The first-order valence-corrected chi connectivity index (χ1v) is 6.30. The molecular formula is C12H14FN3S. The van der Waals surface area contributed by atoms with Crippen LogP contribution >= 0.6 is 11.3 Å². The summed E-state index contributed by atoms with van der Waals surface area (Å²) in [7, 11) is 0. The van der Waals surface area contributed by atoms with Crippen LogP contribution in [0.5, 0.6) is 0 Å². The van der Waals surface area contributed by atoms with Gasteiger partial charge in [0.15, 0.2) is 0 Å². The van der Waals surface area contributed by atoms with Crippen molar-refractivity contribution in [2.75, 3.05) is 11.1 Å². The topological polar surface area (TPSA) is 50.9 Å². The molecule has 0 saturated heterocycles. The van der Waals surface area contributed by atoms with Gasteiger partial charge in [-0.05, 0) is 18.6 Å². The lowest BCUT2D eigenvalue weighted by Gasteiger charge is -2.17. The van der Waals surface area contributed by atoms with E-state index in [1.54, 1.807) is 29.7 Å². The number of halogens is 1. The molecule has 3 nitrogen and oxygen atoms in total. The lowest BCUT2D eigenvalue weighted by Crippen LogP contribution is -2.11. The average Bonchev–Trinajstić information content (AvgIpc) is 2.85. The van der Waals surface area contributed by atoms with Gasteiger partial charge in [-0.3, -0.25) is 0 Å². The Hall–Kier alpha value is -1.62. The second kappa shape index (κ2) is 5.14. The second-order valence-electron chi connectivity index (χ2n) is 3.68. The molecule has 0 saturated carbocycles. The van der Waals surface area contributed by atoms with E-state index in [2.05, 4.69) is 17.2 Å². The first-order chi connectivity index (χ1) is 8.22. The SMILES string of the molecule is CCC(Nc1cccc(F)c1N)c1nccs1. The van der Waals surface area contributed by atoms with Gasteiger partial charge in [0.1, 0.15) is 10.8 Å². The van der Waals surface area contributed by atoms with E-state index >= 15 is 0 Å². The Morgan fingerprint density at radius 1 is 1.53 bits per heavy atom. The molecule has 1 aromatic heterocycles. The highest BCUT2D eigenvalue weighted by Gasteiger charge is 2.13. The molecule has 17 heavy (non-hydrogen) atoms. The fourth-order valence-electron chi connectivity index (χ4n) is 1.60. The van der Waals surface area contributed by atoms with Gasteiger partial charge in [-0.15, -0.1) is 11.3 Å². The summed E-state index contributed by atoms with van der Waals surface area (Å²) in [5.41, 5.74) is 6.46. The molecule has 0 bridgehead atoms. The lowest BCUT2D eigenvalue weighted by molar-refractivity contribution is 0.632. The number of nitrogens with two attached hydrogens (primary N) is 1. The van der Waals surface area contributed by atoms with Crippen molar-refractivity contribution in [2.24, 2.45) is 0 Å². The van der Waals surface area contributed by atoms with Gasteiger partial charge in [0.25, 0.3) is 0 Å². The molecule has 2 aromatic rings. The van der Waals surface area contributed by atoms with Gasteiger partial charge in [-0.1, -0.05) is 13.0 Å². The Morgan fingerprint density at radius 2 is 2.35 bits per heavy atom. The molecule has 0 aliphatic carbocycles. The van der Waals surface area contributed by atoms with Crippen LogP contribution in [0.1, 0.15) is 24.4 Å². The third kappa shape index (κ3) is 2.55. The van der Waals surface area contributed by atoms with Gasteiger partial charge in [-0.2, -0.15) is 0 Å². The van der Waals surface area contributed by atoms with Crippen LogP contribution in [-0.2, 0) is 0 Å². The summed E-state index contributed by atoms with van der Waals surface area (Å²) >= 11 is 1.58. The van der Waals surface area contributed by atoms with Crippen molar-refractivity contribution >= 4 is 22.7 Å². The van der Waals surface area contributed by atoms with Gasteiger partial charge >= 0.3 is 0 Å². The molecule has 1 atom stereocenters. The van der Waals surface area contributed by atoms with E-state index < -0.39 is 5.82 Å². The Kier molecular flexibility index (Phi) is 3.58. The molecular weight excluding hydrogens is 237 g/mol. The van der Waals surface area contributed by atoms with Crippen molar-refractivity contribution in [3.8, 4) is 0 Å². The molecule has 1 heterocycles. The minimum Gasteiger partial charge on any atom is -0.395 e. The van der Waals surface area contributed by atoms with Crippen molar-refractivity contribution < 1.29 is 4.39 Å². The largest absolute Gasteiger partial charge is 0.395 e. The van der Waals surface area contributed by atoms with E-state index in [9.17, 15) is 4.39 Å². The molecule has 0 fully saturated rings. The number of para-hydroxylation sites is 1. The van der Waals surface area contributed by atoms with Gasteiger partial charge in [0.05, 0.1) is 17.4 Å². The Labute approximate surface area is 103 Å². The second-order valence-corrected chi connectivity index (χ2v) is 4.60. The summed E-state index contributed by atoms with van der Waals surface area (Å²) in [6.45, 7) is 2.05. The first kappa shape index (κ1) is 11.9. The zero-order chi connectivity index (χ0) is 12.3. The van der Waals surface area contributed by atoms with Crippen LogP contribution in [0.2, 0.25) is 0 Å². The summed E-state index contributed by atoms with van der Waals surface area (Å²) in [6, 6.07) is 4.83. The Balaban J connectivity index is 2.22. The summed E-state index contributed by atoms with van der Waals surface area (Å²) < 4.78 is 13.3. The molecule has 3 N–H and O–H groups in total. The fourth-order valence-corrected chi connectivity index (χ4v) is 2.37. The number of anilines is 2. The number of hydrogen-bond donors (Lipinski definition) is 2. The highest BCUT2D eigenvalue weighted by Crippen LogP contribution is 2.28. The molecule has 2 rings (SSSR count). The molecule has 0 amide bonds. The quantitative estimate of drug-likeness (QED) is 0.818. The van der Waals surface area contributed by atoms with Gasteiger partial charge in [0.2, 0.25) is 0 Å². The van der Waals surface area contributed by atoms with E-state index in [4.69, 9.17) is 5.73 Å². The molecule has 5 heteroatoms. The number of nitrogens with zero attached hydrogens (tertiary/aromatic N) is 1. The zero-order valence-electron chi connectivity index (χ0n) is 9.48. The first-order valence-electron chi connectivity index (χ1n) is 5.42. The lowest BCUT2D eigenvalue weighted by atomic mass is 10.2. The Morgan fingerprint density at radius 3 is 3.00 bits per heavy atom. The normalized spacial score (nSPS) is 12.4. The average molecular weight is 251 g/mol. The Bertz CT molecular complexity index is 485. The summed E-state index contributed by atoms with van der Waals surface area (Å²) in [5.74, 6) is -0.399. The number of hydrogen-bond acceptors (Lipinski definition) is 4. The monoisotopic (exact) mass is 251 g/mol. The molecule has 0 aliphatic rings. The van der Waals surface area contributed by atoms with Crippen LogP contribution in [0, 0.1) is 5.82 Å². The predicted octanol–water partition coefficient (Wildman–Crippen LogP) is 3.43. The van der Waals surface area contributed by atoms with E-state index in [-0.39, 0.29) is 11.7 Å². The number of thiazole rings is 1. The summed E-state index contributed by atoms with van der Waals surface area (Å²) in [4.78, 5) is 4.26. The van der Waals surface area contributed by atoms with Gasteiger partial charge in [-0.25, -0.2) is 9.37 Å². The third-order valence-electron chi connectivity index (χ3n) is 2.54. The maximum atomic E-state index is 13.3. The number of aromatic nitrogens is 1. The number of rotatable bonds is 4. The van der Waals surface area contributed by atoms with Gasteiger partial charge < -0.3 is 11.1 Å². The third-order valence-corrected chi connectivity index (χ3v) is 3.43. The fraction of sp³-hybridized carbons (Fsp3) is 0.250. The van der Waals surface area contributed by atoms with E-state index in [0.717, 1.165) is 11.4 Å². The van der Waals surface area contributed by atoms with Crippen molar-refractivity contribution in [2.45, 2.75) is 19.4 Å². The summed E-state index contributed by atoms with van der Waals surface area (Å²) in [6.07, 6.45) is 2.63. The minimum atomic E-state index is -0.399. The summed E-state index contributed by atoms with van der Waals surface area (Å²) in [5, 5.41) is 6.13. The highest BCUT2D eigenvalue weighted by atomic mass is 32.1.